The summed E-state index contributed by atoms with van der Waals surface area (Å²) in [6.45, 7) is 0. The number of ketones is 1. The number of fused-ring (bicyclic) bond motifs is 2. The SMILES string of the molecule is COC(=O)[C@@]12C[C@@](O)(CCC1=O)[C@H]([N+](=O)[O-])[C@@H]2c1cccc(OC)c1. The van der Waals surface area contributed by atoms with Gasteiger partial charge in [-0.2, -0.15) is 0 Å². The zero-order chi connectivity index (χ0) is 18.4. The van der Waals surface area contributed by atoms with E-state index in [0.29, 0.717) is 11.3 Å². The minimum absolute atomic E-state index is 0.0449. The summed E-state index contributed by atoms with van der Waals surface area (Å²) in [6.07, 6.45) is -0.452. The van der Waals surface area contributed by atoms with Crippen molar-refractivity contribution in [2.45, 2.75) is 36.8 Å². The highest BCUT2D eigenvalue weighted by molar-refractivity contribution is 6.06. The smallest absolute Gasteiger partial charge is 0.320 e. The summed E-state index contributed by atoms with van der Waals surface area (Å²) >= 11 is 0. The predicted octanol–water partition coefficient (Wildman–Crippen LogP) is 1.08. The molecule has 0 saturated heterocycles. The molecule has 0 spiro atoms. The molecule has 8 heteroatoms. The number of esters is 1. The molecule has 1 aromatic carbocycles. The predicted molar refractivity (Wildman–Crippen MR) is 84.8 cm³/mol. The normalized spacial score (nSPS) is 33.8. The highest BCUT2D eigenvalue weighted by Gasteiger charge is 2.75. The molecule has 8 nitrogen and oxygen atoms in total. The first-order valence-electron chi connectivity index (χ1n) is 7.91. The van der Waals surface area contributed by atoms with E-state index < -0.39 is 39.7 Å². The molecule has 2 aliphatic rings. The number of ether oxygens (including phenoxy) is 2. The fourth-order valence-electron chi connectivity index (χ4n) is 4.45. The van der Waals surface area contributed by atoms with Crippen LogP contribution in [-0.4, -0.2) is 47.6 Å². The van der Waals surface area contributed by atoms with Crippen LogP contribution >= 0.6 is 0 Å². The van der Waals surface area contributed by atoms with Crippen molar-refractivity contribution in [2.24, 2.45) is 5.41 Å². The highest BCUT2D eigenvalue weighted by Crippen LogP contribution is 2.60. The first-order valence-corrected chi connectivity index (χ1v) is 7.91. The van der Waals surface area contributed by atoms with E-state index in [1.54, 1.807) is 24.3 Å². The van der Waals surface area contributed by atoms with Gasteiger partial charge < -0.3 is 14.6 Å². The summed E-state index contributed by atoms with van der Waals surface area (Å²) in [5.41, 5.74) is -3.09. The van der Waals surface area contributed by atoms with E-state index in [4.69, 9.17) is 9.47 Å². The molecule has 0 heterocycles. The van der Waals surface area contributed by atoms with Gasteiger partial charge in [-0.3, -0.25) is 19.7 Å². The van der Waals surface area contributed by atoms with Crippen molar-refractivity contribution >= 4 is 11.8 Å². The number of aliphatic hydroxyl groups is 1. The second-order valence-electron chi connectivity index (χ2n) is 6.65. The van der Waals surface area contributed by atoms with Gasteiger partial charge in [-0.15, -0.1) is 0 Å². The van der Waals surface area contributed by atoms with Gasteiger partial charge in [0, 0.05) is 17.8 Å². The van der Waals surface area contributed by atoms with Crippen LogP contribution < -0.4 is 4.74 Å². The summed E-state index contributed by atoms with van der Waals surface area (Å²) in [7, 11) is 2.59. The number of Topliss-reactive ketones (excluding diaryl/α,β-unsaturated/α-hetero) is 1. The van der Waals surface area contributed by atoms with Gasteiger partial charge >= 0.3 is 5.97 Å². The van der Waals surface area contributed by atoms with E-state index in [9.17, 15) is 24.8 Å². The number of hydrogen-bond acceptors (Lipinski definition) is 7. The minimum Gasteiger partial charge on any atom is -0.497 e. The van der Waals surface area contributed by atoms with Crippen LogP contribution in [0.1, 0.15) is 30.7 Å². The van der Waals surface area contributed by atoms with E-state index in [-0.39, 0.29) is 19.3 Å². The molecule has 1 aromatic rings. The summed E-state index contributed by atoms with van der Waals surface area (Å²) in [5, 5.41) is 22.7. The molecule has 0 aliphatic heterocycles. The van der Waals surface area contributed by atoms with Crippen LogP contribution in [0.2, 0.25) is 0 Å². The fraction of sp³-hybridized carbons (Fsp3) is 0.529. The molecule has 134 valence electrons. The van der Waals surface area contributed by atoms with Crippen molar-refractivity contribution in [2.75, 3.05) is 14.2 Å². The summed E-state index contributed by atoms with van der Waals surface area (Å²) in [6, 6.07) is 4.97. The summed E-state index contributed by atoms with van der Waals surface area (Å²) < 4.78 is 10.00. The molecule has 3 rings (SSSR count). The Balaban J connectivity index is 2.26. The molecular weight excluding hydrogens is 330 g/mol. The quantitative estimate of drug-likeness (QED) is 0.374. The molecule has 25 heavy (non-hydrogen) atoms. The molecule has 2 aliphatic carbocycles. The number of carbonyl (C=O) groups is 2. The Morgan fingerprint density at radius 3 is 2.72 bits per heavy atom. The van der Waals surface area contributed by atoms with Gasteiger partial charge in [-0.05, 0) is 24.1 Å². The van der Waals surface area contributed by atoms with E-state index >= 15 is 0 Å². The molecule has 4 atom stereocenters. The van der Waals surface area contributed by atoms with Crippen molar-refractivity contribution in [1.82, 2.24) is 0 Å². The average Bonchev–Trinajstić information content (AvgIpc) is 2.84. The average molecular weight is 349 g/mol. The Morgan fingerprint density at radius 2 is 2.12 bits per heavy atom. The Kier molecular flexibility index (Phi) is 4.03. The van der Waals surface area contributed by atoms with Gasteiger partial charge in [-0.1, -0.05) is 12.1 Å². The van der Waals surface area contributed by atoms with Crippen molar-refractivity contribution in [3.63, 3.8) is 0 Å². The molecule has 2 bridgehead atoms. The van der Waals surface area contributed by atoms with Gasteiger partial charge in [0.1, 0.15) is 16.8 Å². The first kappa shape index (κ1) is 17.3. The Bertz CT molecular complexity index is 738. The molecular formula is C17H19NO7. The largest absolute Gasteiger partial charge is 0.497 e. The molecule has 0 radical (unpaired) electrons. The molecule has 0 aromatic heterocycles. The summed E-state index contributed by atoms with van der Waals surface area (Å²) in [5.74, 6) is -1.94. The van der Waals surface area contributed by atoms with Crippen LogP contribution in [0.15, 0.2) is 24.3 Å². The van der Waals surface area contributed by atoms with E-state index in [2.05, 4.69) is 0 Å². The first-order chi connectivity index (χ1) is 11.8. The van der Waals surface area contributed by atoms with Crippen LogP contribution in [0.4, 0.5) is 0 Å². The molecule has 1 N–H and O–H groups in total. The molecule has 2 saturated carbocycles. The van der Waals surface area contributed by atoms with E-state index in [0.717, 1.165) is 7.11 Å². The highest BCUT2D eigenvalue weighted by atomic mass is 16.6. The zero-order valence-electron chi connectivity index (χ0n) is 13.9. The van der Waals surface area contributed by atoms with Crippen molar-refractivity contribution in [3.8, 4) is 5.75 Å². The van der Waals surface area contributed by atoms with E-state index in [1.807, 2.05) is 0 Å². The number of benzene rings is 1. The lowest BCUT2D eigenvalue weighted by molar-refractivity contribution is -0.544. The monoisotopic (exact) mass is 349 g/mol. The zero-order valence-corrected chi connectivity index (χ0v) is 13.9. The van der Waals surface area contributed by atoms with Gasteiger partial charge in [0.25, 0.3) is 0 Å². The van der Waals surface area contributed by atoms with Gasteiger partial charge in [-0.25, -0.2) is 0 Å². The maximum Gasteiger partial charge on any atom is 0.320 e. The number of hydrogen-bond donors (Lipinski definition) is 1. The van der Waals surface area contributed by atoms with Crippen LogP contribution in [0, 0.1) is 15.5 Å². The third kappa shape index (κ3) is 2.31. The number of methoxy groups -OCH3 is 2. The molecule has 0 unspecified atom stereocenters. The third-order valence-electron chi connectivity index (χ3n) is 5.49. The van der Waals surface area contributed by atoms with Gasteiger partial charge in [0.05, 0.1) is 20.1 Å². The maximum atomic E-state index is 12.8. The number of rotatable bonds is 4. The lowest BCUT2D eigenvalue weighted by atomic mass is 9.67. The molecule has 2 fully saturated rings. The molecule has 0 amide bonds. The van der Waals surface area contributed by atoms with Crippen LogP contribution in [0.5, 0.6) is 5.75 Å². The van der Waals surface area contributed by atoms with Crippen LogP contribution in [-0.2, 0) is 14.3 Å². The Hall–Kier alpha value is -2.48. The second-order valence-corrected chi connectivity index (χ2v) is 6.65. The lowest BCUT2D eigenvalue weighted by Gasteiger charge is -2.33. The Morgan fingerprint density at radius 1 is 1.40 bits per heavy atom. The van der Waals surface area contributed by atoms with E-state index in [1.165, 1.54) is 7.11 Å². The van der Waals surface area contributed by atoms with Crippen molar-refractivity contribution < 1.29 is 29.1 Å². The topological polar surface area (TPSA) is 116 Å². The fourth-order valence-corrected chi connectivity index (χ4v) is 4.45. The second kappa shape index (κ2) is 5.80. The summed E-state index contributed by atoms with van der Waals surface area (Å²) in [4.78, 5) is 36.6. The minimum atomic E-state index is -1.76. The number of nitrogens with zero attached hydrogens (tertiary/aromatic N) is 1. The Labute approximate surface area is 143 Å². The lowest BCUT2D eigenvalue weighted by Crippen LogP contribution is -2.47. The number of carbonyl (C=O) groups excluding carboxylic acids is 2. The van der Waals surface area contributed by atoms with Crippen molar-refractivity contribution in [3.05, 3.63) is 39.9 Å². The van der Waals surface area contributed by atoms with Crippen LogP contribution in [0.25, 0.3) is 0 Å². The standard InChI is InChI=1S/C17H19NO7/c1-24-11-5-3-4-10(8-11)13-14(18(22)23)16(21)7-6-12(19)17(13,9-16)15(20)25-2/h3-5,8,13-14,21H,6-7,9H2,1-2H3/t13-,14+,16-,17-/m0/s1. The number of nitro groups is 1. The van der Waals surface area contributed by atoms with Gasteiger partial charge in [0.2, 0.25) is 6.04 Å². The maximum absolute atomic E-state index is 12.8. The van der Waals surface area contributed by atoms with Crippen LogP contribution in [0.3, 0.4) is 0 Å². The third-order valence-corrected chi connectivity index (χ3v) is 5.49. The van der Waals surface area contributed by atoms with Gasteiger partial charge in [0.15, 0.2) is 5.78 Å². The van der Waals surface area contributed by atoms with Crippen molar-refractivity contribution in [1.29, 1.82) is 0 Å².